The molecular weight excluding hydrogens is 367 g/mol. The lowest BCUT2D eigenvalue weighted by Crippen LogP contribution is -2.55. The van der Waals surface area contributed by atoms with Crippen molar-refractivity contribution in [2.45, 2.75) is 38.3 Å². The van der Waals surface area contributed by atoms with Gasteiger partial charge in [0.25, 0.3) is 0 Å². The van der Waals surface area contributed by atoms with E-state index in [-0.39, 0.29) is 17.3 Å². The Kier molecular flexibility index (Phi) is 5.92. The number of piperazine rings is 1. The van der Waals surface area contributed by atoms with Crippen LogP contribution < -0.4 is 4.90 Å². The first-order chi connectivity index (χ1) is 14.1. The fourth-order valence-corrected chi connectivity index (χ4v) is 4.32. The predicted molar refractivity (Wildman–Crippen MR) is 112 cm³/mol. The molecule has 2 aromatic rings. The van der Waals surface area contributed by atoms with Gasteiger partial charge < -0.3 is 4.90 Å². The van der Waals surface area contributed by atoms with E-state index in [9.17, 15) is 9.18 Å². The second kappa shape index (κ2) is 8.59. The van der Waals surface area contributed by atoms with Crippen molar-refractivity contribution in [1.82, 2.24) is 14.8 Å². The summed E-state index contributed by atoms with van der Waals surface area (Å²) in [6.07, 6.45) is 5.78. The highest BCUT2D eigenvalue weighted by atomic mass is 19.1. The van der Waals surface area contributed by atoms with Crippen LogP contribution in [0.2, 0.25) is 0 Å². The molecule has 0 radical (unpaired) electrons. The quantitative estimate of drug-likeness (QED) is 0.720. The summed E-state index contributed by atoms with van der Waals surface area (Å²) in [6.45, 7) is 7.28. The maximum Gasteiger partial charge on any atom is 0.226 e. The van der Waals surface area contributed by atoms with Crippen LogP contribution in [-0.4, -0.2) is 59.0 Å². The fraction of sp³-hybridized carbons (Fsp3) is 0.478. The van der Waals surface area contributed by atoms with E-state index in [0.717, 1.165) is 63.4 Å². The zero-order chi connectivity index (χ0) is 20.3. The number of amides is 1. The van der Waals surface area contributed by atoms with E-state index in [2.05, 4.69) is 14.8 Å². The Labute approximate surface area is 172 Å². The summed E-state index contributed by atoms with van der Waals surface area (Å²) >= 11 is 0. The Morgan fingerprint density at radius 2 is 1.86 bits per heavy atom. The number of aromatic nitrogens is 1. The molecule has 2 heterocycles. The number of rotatable bonds is 7. The van der Waals surface area contributed by atoms with Gasteiger partial charge in [-0.15, -0.1) is 0 Å². The third-order valence-corrected chi connectivity index (χ3v) is 6.16. The third kappa shape index (κ3) is 4.65. The van der Waals surface area contributed by atoms with Crippen molar-refractivity contribution in [2.24, 2.45) is 0 Å². The molecule has 0 unspecified atom stereocenters. The van der Waals surface area contributed by atoms with Crippen LogP contribution in [0.4, 0.5) is 10.1 Å². The number of carbonyl (C=O) groups excluding carboxylic acids is 1. The molecule has 1 aliphatic heterocycles. The first kappa shape index (κ1) is 20.0. The normalized spacial score (nSPS) is 19.1. The lowest BCUT2D eigenvalue weighted by Gasteiger charge is -2.41. The molecule has 4 rings (SSSR count). The summed E-state index contributed by atoms with van der Waals surface area (Å²) < 4.78 is 13.4. The number of hydrogen-bond acceptors (Lipinski definition) is 4. The lowest BCUT2D eigenvalue weighted by atomic mass is 10.1. The summed E-state index contributed by atoms with van der Waals surface area (Å²) in [5.74, 6) is -0.0978. The van der Waals surface area contributed by atoms with Gasteiger partial charge in [-0.3, -0.25) is 19.6 Å². The van der Waals surface area contributed by atoms with Gasteiger partial charge in [-0.25, -0.2) is 4.39 Å². The maximum atomic E-state index is 13.4. The number of pyridine rings is 1. The van der Waals surface area contributed by atoms with E-state index in [0.29, 0.717) is 6.42 Å². The molecule has 0 bridgehead atoms. The van der Waals surface area contributed by atoms with Crippen molar-refractivity contribution in [3.63, 3.8) is 0 Å². The van der Waals surface area contributed by atoms with Crippen LogP contribution in [0.5, 0.6) is 0 Å². The van der Waals surface area contributed by atoms with Gasteiger partial charge in [0.15, 0.2) is 0 Å². The van der Waals surface area contributed by atoms with Crippen molar-refractivity contribution in [3.8, 4) is 0 Å². The van der Waals surface area contributed by atoms with Crippen molar-refractivity contribution in [3.05, 3.63) is 60.2 Å². The van der Waals surface area contributed by atoms with E-state index in [1.165, 1.54) is 6.20 Å². The van der Waals surface area contributed by atoms with Crippen molar-refractivity contribution >= 4 is 11.6 Å². The van der Waals surface area contributed by atoms with Crippen LogP contribution in [0.15, 0.2) is 48.8 Å². The Bertz CT molecular complexity index is 832. The van der Waals surface area contributed by atoms with Crippen LogP contribution in [0.1, 0.15) is 31.7 Å². The topological polar surface area (TPSA) is 39.7 Å². The number of benzene rings is 1. The molecule has 29 heavy (non-hydrogen) atoms. The summed E-state index contributed by atoms with van der Waals surface area (Å²) in [5.41, 5.74) is 2.01. The molecule has 1 aromatic heterocycles. The zero-order valence-electron chi connectivity index (χ0n) is 17.1. The van der Waals surface area contributed by atoms with E-state index in [4.69, 9.17) is 0 Å². The van der Waals surface area contributed by atoms with E-state index < -0.39 is 0 Å². The molecule has 5 nitrogen and oxygen atoms in total. The molecule has 1 amide bonds. The molecule has 0 atom stereocenters. The van der Waals surface area contributed by atoms with Gasteiger partial charge in [-0.05, 0) is 36.6 Å². The first-order valence-corrected chi connectivity index (χ1v) is 10.5. The third-order valence-electron chi connectivity index (χ3n) is 6.16. The van der Waals surface area contributed by atoms with E-state index >= 15 is 0 Å². The second-order valence-electron chi connectivity index (χ2n) is 8.17. The lowest BCUT2D eigenvalue weighted by molar-refractivity contribution is -0.118. The number of para-hydroxylation sites is 1. The Hall–Kier alpha value is -2.31. The van der Waals surface area contributed by atoms with Crippen LogP contribution in [0.25, 0.3) is 0 Å². The Morgan fingerprint density at radius 3 is 2.48 bits per heavy atom. The van der Waals surface area contributed by atoms with Gasteiger partial charge in [0.05, 0.1) is 6.20 Å². The first-order valence-electron chi connectivity index (χ1n) is 10.5. The van der Waals surface area contributed by atoms with Gasteiger partial charge in [0.2, 0.25) is 5.91 Å². The monoisotopic (exact) mass is 396 g/mol. The largest absolute Gasteiger partial charge is 0.311 e. The van der Waals surface area contributed by atoms with Crippen molar-refractivity contribution in [2.75, 3.05) is 37.6 Å². The highest BCUT2D eigenvalue weighted by Crippen LogP contribution is 2.43. The number of hydrogen-bond donors (Lipinski definition) is 0. The molecule has 1 saturated carbocycles. The minimum absolute atomic E-state index is 0.104. The smallest absolute Gasteiger partial charge is 0.226 e. The summed E-state index contributed by atoms with van der Waals surface area (Å²) in [6, 6.07) is 11.6. The molecule has 2 aliphatic rings. The summed E-state index contributed by atoms with van der Waals surface area (Å²) in [5, 5.41) is 0. The highest BCUT2D eigenvalue weighted by molar-refractivity contribution is 5.93. The number of nitrogens with zero attached hydrogens (tertiary/aromatic N) is 4. The Balaban J connectivity index is 1.38. The second-order valence-corrected chi connectivity index (χ2v) is 8.17. The minimum Gasteiger partial charge on any atom is -0.311 e. The summed E-state index contributed by atoms with van der Waals surface area (Å²) in [4.78, 5) is 23.5. The van der Waals surface area contributed by atoms with Gasteiger partial charge in [-0.1, -0.05) is 25.1 Å². The molecule has 1 saturated heterocycles. The summed E-state index contributed by atoms with van der Waals surface area (Å²) in [7, 11) is 0. The molecule has 1 aromatic carbocycles. The van der Waals surface area contributed by atoms with Gasteiger partial charge in [0, 0.05) is 63.1 Å². The molecule has 1 aliphatic carbocycles. The van der Waals surface area contributed by atoms with Crippen molar-refractivity contribution in [1.29, 1.82) is 0 Å². The van der Waals surface area contributed by atoms with Gasteiger partial charge >= 0.3 is 0 Å². The van der Waals surface area contributed by atoms with Gasteiger partial charge in [-0.2, -0.15) is 0 Å². The van der Waals surface area contributed by atoms with Crippen LogP contribution in [0, 0.1) is 5.82 Å². The average molecular weight is 397 g/mol. The maximum absolute atomic E-state index is 13.4. The zero-order valence-corrected chi connectivity index (χ0v) is 17.1. The van der Waals surface area contributed by atoms with Crippen molar-refractivity contribution < 1.29 is 9.18 Å². The molecule has 154 valence electrons. The molecule has 0 spiro atoms. The minimum atomic E-state index is -0.278. The number of halogens is 1. The molecule has 2 fully saturated rings. The standard InChI is InChI=1S/C23H29FN4O/c1-2-22(29)28(21-6-4-3-5-7-21)18-23(8-9-23)27-12-10-26(11-13-27)17-19-14-20(24)16-25-15-19/h3-7,14-16H,2,8-13,17-18H2,1H3. The molecule has 6 heteroatoms. The average Bonchev–Trinajstić information content (AvgIpc) is 3.53. The van der Waals surface area contributed by atoms with E-state index in [1.807, 2.05) is 42.2 Å². The van der Waals surface area contributed by atoms with E-state index in [1.54, 1.807) is 12.3 Å². The van der Waals surface area contributed by atoms with Crippen LogP contribution in [-0.2, 0) is 11.3 Å². The fourth-order valence-electron chi connectivity index (χ4n) is 4.32. The SMILES string of the molecule is CCC(=O)N(CC1(N2CCN(Cc3cncc(F)c3)CC2)CC1)c1ccccc1. The number of anilines is 1. The molecule has 0 N–H and O–H groups in total. The molecular formula is C23H29FN4O. The van der Waals surface area contributed by atoms with Gasteiger partial charge in [0.1, 0.15) is 5.82 Å². The van der Waals surface area contributed by atoms with Crippen LogP contribution in [0.3, 0.4) is 0 Å². The Morgan fingerprint density at radius 1 is 1.14 bits per heavy atom. The predicted octanol–water partition coefficient (Wildman–Crippen LogP) is 3.31. The highest BCUT2D eigenvalue weighted by Gasteiger charge is 2.50. The number of carbonyl (C=O) groups is 1. The van der Waals surface area contributed by atoms with Crippen LogP contribution >= 0.6 is 0 Å².